The van der Waals surface area contributed by atoms with Gasteiger partial charge in [-0.15, -0.1) is 17.0 Å². The van der Waals surface area contributed by atoms with Crippen LogP contribution in [-0.4, -0.2) is 49.7 Å². The first kappa shape index (κ1) is 40.7. The number of halogens is 3. The zero-order valence-corrected chi connectivity index (χ0v) is 34.1. The molecule has 7 nitrogen and oxygen atoms in total. The van der Waals surface area contributed by atoms with Gasteiger partial charge in [-0.25, -0.2) is 8.42 Å². The number of nitrogens with one attached hydrogen (secondary N) is 2. The molecule has 1 aromatic heterocycles. The van der Waals surface area contributed by atoms with E-state index in [4.69, 9.17) is 23.2 Å². The Balaban J connectivity index is 0.000000265. The maximum Gasteiger partial charge on any atom is 1.00 e. The molecule has 2 N–H and O–H groups in total. The number of anilines is 2. The third-order valence-electron chi connectivity index (χ3n) is 8.30. The normalized spacial score (nSPS) is 14.4. The number of H-pyrrole nitrogens is 1. The van der Waals surface area contributed by atoms with Gasteiger partial charge in [0.25, 0.3) is 0 Å². The van der Waals surface area contributed by atoms with Crippen molar-refractivity contribution in [3.63, 3.8) is 0 Å². The van der Waals surface area contributed by atoms with Crippen molar-refractivity contribution < 1.29 is 69.7 Å². The fourth-order valence-corrected chi connectivity index (χ4v) is 7.55. The molecular weight excluding hydrogens is 760 g/mol. The van der Waals surface area contributed by atoms with E-state index in [1.807, 2.05) is 12.1 Å². The summed E-state index contributed by atoms with van der Waals surface area (Å²) in [4.78, 5) is 16.9. The zero-order chi connectivity index (χ0) is 32.7. The molecule has 0 aliphatic carbocycles. The van der Waals surface area contributed by atoms with E-state index in [2.05, 4.69) is 40.6 Å². The quantitative estimate of drug-likeness (QED) is 0.203. The number of nitrogens with zero attached hydrogens (tertiary/aromatic N) is 1. The first-order valence-corrected chi connectivity index (χ1v) is 17.6. The summed E-state index contributed by atoms with van der Waals surface area (Å²) in [7, 11) is -1.05. The van der Waals surface area contributed by atoms with Gasteiger partial charge in [-0.1, -0.05) is 71.7 Å². The second kappa shape index (κ2) is 19.1. The molecule has 0 radical (unpaired) electrons. The second-order valence-electron chi connectivity index (χ2n) is 11.5. The first-order chi connectivity index (χ1) is 22.1. The minimum atomic E-state index is -3.25. The molecule has 48 heavy (non-hydrogen) atoms. The van der Waals surface area contributed by atoms with Crippen LogP contribution in [0.3, 0.4) is 0 Å². The summed E-state index contributed by atoms with van der Waals surface area (Å²) in [6.45, 7) is 1.18. The molecule has 1 fully saturated rings. The smallest absolute Gasteiger partial charge is 0.550 e. The molecule has 0 spiro atoms. The number of aromatic amines is 1. The van der Waals surface area contributed by atoms with Crippen molar-refractivity contribution in [2.45, 2.75) is 43.0 Å². The molecule has 4 aromatic carbocycles. The van der Waals surface area contributed by atoms with E-state index in [1.165, 1.54) is 30.3 Å². The Labute approximate surface area is 345 Å². The van der Waals surface area contributed by atoms with Crippen LogP contribution in [-0.2, 0) is 33.9 Å². The summed E-state index contributed by atoms with van der Waals surface area (Å²) < 4.78 is 25.1. The van der Waals surface area contributed by atoms with Gasteiger partial charge in [0.2, 0.25) is 0 Å². The minimum Gasteiger partial charge on any atom is -0.550 e. The molecule has 248 valence electrons. The number of aryl methyl sites for hydroxylation is 1. The van der Waals surface area contributed by atoms with E-state index in [1.54, 1.807) is 66.7 Å². The van der Waals surface area contributed by atoms with Crippen LogP contribution in [0, 0.1) is 0 Å². The largest absolute Gasteiger partial charge is 1.00 e. The number of para-hydroxylation sites is 2. The summed E-state index contributed by atoms with van der Waals surface area (Å²) >= 11 is 12.1. The predicted octanol–water partition coefficient (Wildman–Crippen LogP) is 4.43. The SMILES string of the molecule is Br.CN1CCC[C@@H]1Cc1c[nH]c2ccc(CCS(=O)(=O)c3ccccc3)cc12.O=C([O-])Cc1ccccc1Nc1c(Cl)cccc1Cl.[K+]. The molecule has 0 unspecified atom stereocenters. The van der Waals surface area contributed by atoms with Gasteiger partial charge in [-0.3, -0.25) is 0 Å². The maximum absolute atomic E-state index is 12.5. The Morgan fingerprint density at radius 2 is 1.65 bits per heavy atom. The molecule has 1 atom stereocenters. The van der Waals surface area contributed by atoms with Crippen molar-refractivity contribution in [1.29, 1.82) is 0 Å². The molecule has 0 amide bonds. The molecule has 0 bridgehead atoms. The molecular formula is C36H37BrCl2KN3O4S. The Morgan fingerprint density at radius 3 is 2.31 bits per heavy atom. The number of sulfone groups is 1. The van der Waals surface area contributed by atoms with Crippen LogP contribution in [0.25, 0.3) is 10.9 Å². The number of likely N-dealkylation sites (N-methyl/N-ethyl adjacent to an activating group) is 1. The van der Waals surface area contributed by atoms with Crippen LogP contribution in [0.5, 0.6) is 0 Å². The van der Waals surface area contributed by atoms with Crippen LogP contribution in [0.1, 0.15) is 29.5 Å². The van der Waals surface area contributed by atoms with E-state index in [0.717, 1.165) is 17.5 Å². The van der Waals surface area contributed by atoms with E-state index < -0.39 is 15.8 Å². The number of hydrogen-bond acceptors (Lipinski definition) is 6. The number of likely N-dealkylation sites (tertiary alicyclic amines) is 1. The van der Waals surface area contributed by atoms with Gasteiger partial charge in [0.1, 0.15) is 0 Å². The van der Waals surface area contributed by atoms with E-state index in [0.29, 0.717) is 44.3 Å². The molecule has 5 aromatic rings. The van der Waals surface area contributed by atoms with E-state index in [9.17, 15) is 18.3 Å². The van der Waals surface area contributed by atoms with Crippen molar-refractivity contribution in [2.75, 3.05) is 24.7 Å². The van der Waals surface area contributed by atoms with Crippen molar-refractivity contribution in [2.24, 2.45) is 0 Å². The molecule has 1 aliphatic rings. The van der Waals surface area contributed by atoms with Gasteiger partial charge in [0, 0.05) is 41.2 Å². The molecule has 1 saturated heterocycles. The summed E-state index contributed by atoms with van der Waals surface area (Å²) in [6.07, 6.45) is 6.03. The number of carboxylic acid groups (broad SMARTS) is 1. The van der Waals surface area contributed by atoms with Crippen molar-refractivity contribution in [3.05, 3.63) is 124 Å². The third kappa shape index (κ3) is 10.9. The molecule has 0 saturated carbocycles. The monoisotopic (exact) mass is 795 g/mol. The Hall–Kier alpha value is -1.70. The molecule has 2 heterocycles. The van der Waals surface area contributed by atoms with E-state index >= 15 is 0 Å². The number of benzene rings is 4. The topological polar surface area (TPSA) is 105 Å². The number of rotatable bonds is 10. The number of carbonyl (C=O) groups excluding carboxylic acids is 1. The predicted molar refractivity (Wildman–Crippen MR) is 195 cm³/mol. The van der Waals surface area contributed by atoms with Crippen molar-refractivity contribution in [3.8, 4) is 0 Å². The maximum atomic E-state index is 12.5. The Morgan fingerprint density at radius 1 is 0.958 bits per heavy atom. The summed E-state index contributed by atoms with van der Waals surface area (Å²) in [6, 6.07) is 27.8. The average Bonchev–Trinajstić information content (AvgIpc) is 3.64. The van der Waals surface area contributed by atoms with E-state index in [-0.39, 0.29) is 80.5 Å². The van der Waals surface area contributed by atoms with Crippen LogP contribution >= 0.6 is 40.2 Å². The Bertz CT molecular complexity index is 1910. The summed E-state index contributed by atoms with van der Waals surface area (Å²) in [5, 5.41) is 15.9. The second-order valence-corrected chi connectivity index (χ2v) is 14.4. The number of hydrogen-bond donors (Lipinski definition) is 2. The van der Waals surface area contributed by atoms with Gasteiger partial charge < -0.3 is 25.1 Å². The first-order valence-electron chi connectivity index (χ1n) is 15.2. The van der Waals surface area contributed by atoms with Gasteiger partial charge >= 0.3 is 51.4 Å². The molecule has 6 rings (SSSR count). The number of carboxylic acids is 1. The van der Waals surface area contributed by atoms with Crippen LogP contribution < -0.4 is 61.8 Å². The number of carbonyl (C=O) groups is 1. The summed E-state index contributed by atoms with van der Waals surface area (Å²) in [5.41, 5.74) is 5.33. The van der Waals surface area contributed by atoms with Crippen LogP contribution in [0.4, 0.5) is 11.4 Å². The van der Waals surface area contributed by atoms with Gasteiger partial charge in [0.05, 0.1) is 26.4 Å². The third-order valence-corrected chi connectivity index (χ3v) is 10.7. The summed E-state index contributed by atoms with van der Waals surface area (Å²) in [5.74, 6) is -1.01. The van der Waals surface area contributed by atoms with Crippen molar-refractivity contribution in [1.82, 2.24) is 9.88 Å². The molecule has 1 aliphatic heterocycles. The zero-order valence-electron chi connectivity index (χ0n) is 26.9. The van der Waals surface area contributed by atoms with Crippen LogP contribution in [0.2, 0.25) is 10.0 Å². The number of aliphatic carboxylic acids is 1. The van der Waals surface area contributed by atoms with Crippen LogP contribution in [0.15, 0.2) is 102 Å². The number of fused-ring (bicyclic) bond motifs is 1. The molecule has 12 heteroatoms. The fourth-order valence-electron chi connectivity index (χ4n) is 5.74. The van der Waals surface area contributed by atoms with Gasteiger partial charge in [-0.05, 0) is 98.4 Å². The van der Waals surface area contributed by atoms with Gasteiger partial charge in [-0.2, -0.15) is 0 Å². The number of aromatic nitrogens is 1. The fraction of sp³-hybridized carbons (Fsp3) is 0.250. The minimum absolute atomic E-state index is 0. The average molecular weight is 798 g/mol. The van der Waals surface area contributed by atoms with Gasteiger partial charge in [0.15, 0.2) is 9.84 Å². The Kier molecular flexibility index (Phi) is 16.2. The van der Waals surface area contributed by atoms with Crippen molar-refractivity contribution >= 4 is 78.3 Å². The standard InChI is InChI=1S/C22H26N2O2S.C14H11Cl2NO2.BrH.K/c1-24-12-5-6-19(24)15-18-16-23-22-10-9-17(14-21(18)22)11-13-27(25,26)20-7-3-2-4-8-20;15-10-5-3-6-11(16)14(10)17-12-7-2-1-4-9(12)8-13(18)19;;/h2-4,7-10,14,16,19,23H,5-6,11-13,15H2,1H3;1-7,17H,8H2,(H,18,19);1H;/q;;;+1/p-1/t19-;;;/m1.../s1.